The van der Waals surface area contributed by atoms with Gasteiger partial charge in [0.25, 0.3) is 0 Å². The average molecular weight is 293 g/mol. The van der Waals surface area contributed by atoms with E-state index in [1.165, 1.54) is 6.07 Å². The zero-order valence-electron chi connectivity index (χ0n) is 10.7. The smallest absolute Gasteiger partial charge is 0.192 e. The Hall–Kier alpha value is -2.18. The van der Waals surface area contributed by atoms with Crippen molar-refractivity contribution in [2.45, 2.75) is 6.54 Å². The van der Waals surface area contributed by atoms with Gasteiger partial charge in [-0.15, -0.1) is 17.5 Å². The van der Waals surface area contributed by atoms with Gasteiger partial charge < -0.3 is 10.2 Å². The highest BCUT2D eigenvalue weighted by atomic mass is 35.5. The molecule has 2 aromatic heterocycles. The fraction of sp³-hybridized carbons (Fsp3) is 0.154. The molecule has 0 aliphatic heterocycles. The highest BCUT2D eigenvalue weighted by Gasteiger charge is 2.08. The summed E-state index contributed by atoms with van der Waals surface area (Å²) in [6.45, 7) is 0.195. The average Bonchev–Trinajstić information content (AvgIpc) is 2.84. The number of fused-ring (bicyclic) bond motifs is 1. The topological polar surface area (TPSA) is 86.9 Å². The van der Waals surface area contributed by atoms with Gasteiger partial charge in [-0.3, -0.25) is 9.48 Å². The quantitative estimate of drug-likeness (QED) is 0.773. The van der Waals surface area contributed by atoms with Crippen molar-refractivity contribution in [2.24, 2.45) is 12.8 Å². The third kappa shape index (κ3) is 2.43. The number of nitrogens with zero attached hydrogens (tertiary/aromatic N) is 3. The molecule has 0 aliphatic carbocycles. The van der Waals surface area contributed by atoms with E-state index in [1.54, 1.807) is 30.1 Å². The van der Waals surface area contributed by atoms with Gasteiger partial charge in [0.1, 0.15) is 17.0 Å². The van der Waals surface area contributed by atoms with Crippen molar-refractivity contribution in [3.05, 3.63) is 46.4 Å². The highest BCUT2D eigenvalue weighted by molar-refractivity contribution is 5.85. The normalized spacial score (nSPS) is 10.5. The molecule has 1 aromatic carbocycles. The van der Waals surface area contributed by atoms with E-state index in [0.717, 1.165) is 11.3 Å². The van der Waals surface area contributed by atoms with Crippen molar-refractivity contribution in [3.63, 3.8) is 0 Å². The summed E-state index contributed by atoms with van der Waals surface area (Å²) in [5.41, 5.74) is 7.50. The van der Waals surface area contributed by atoms with E-state index < -0.39 is 0 Å². The van der Waals surface area contributed by atoms with Crippen LogP contribution >= 0.6 is 12.4 Å². The van der Waals surface area contributed by atoms with Gasteiger partial charge in [-0.25, -0.2) is 0 Å². The first kappa shape index (κ1) is 14.2. The number of aryl methyl sites for hydroxylation is 1. The molecule has 0 saturated heterocycles. The Bertz CT molecular complexity index is 809. The second-order valence-corrected chi connectivity index (χ2v) is 4.27. The van der Waals surface area contributed by atoms with E-state index in [2.05, 4.69) is 10.3 Å². The van der Waals surface area contributed by atoms with Gasteiger partial charge in [-0.05, 0) is 12.1 Å². The Morgan fingerprint density at radius 1 is 1.35 bits per heavy atom. The molecular formula is C13H13ClN4O2. The number of rotatable bonds is 2. The Balaban J connectivity index is 0.00000147. The Labute approximate surface area is 120 Å². The zero-order valence-corrected chi connectivity index (χ0v) is 11.6. The molecule has 20 heavy (non-hydrogen) atoms. The van der Waals surface area contributed by atoms with Crippen LogP contribution in [0.2, 0.25) is 0 Å². The number of halogens is 1. The first-order chi connectivity index (χ1) is 9.17. The molecule has 6 nitrogen and oxygen atoms in total. The van der Waals surface area contributed by atoms with Crippen LogP contribution in [0.5, 0.6) is 0 Å². The minimum Gasteiger partial charge on any atom is -0.459 e. The molecule has 104 valence electrons. The van der Waals surface area contributed by atoms with Gasteiger partial charge in [-0.2, -0.15) is 0 Å². The lowest BCUT2D eigenvalue weighted by Crippen LogP contribution is -2.05. The fourth-order valence-corrected chi connectivity index (χ4v) is 1.94. The van der Waals surface area contributed by atoms with Crippen LogP contribution in [0.4, 0.5) is 0 Å². The molecule has 0 amide bonds. The lowest BCUT2D eigenvalue weighted by molar-refractivity contribution is 0.539. The summed E-state index contributed by atoms with van der Waals surface area (Å²) in [7, 11) is 1.80. The number of hydrogen-bond acceptors (Lipinski definition) is 5. The van der Waals surface area contributed by atoms with E-state index in [9.17, 15) is 4.79 Å². The monoisotopic (exact) mass is 292 g/mol. The van der Waals surface area contributed by atoms with Gasteiger partial charge >= 0.3 is 0 Å². The maximum Gasteiger partial charge on any atom is 0.192 e. The molecule has 2 N–H and O–H groups in total. The SMILES string of the molecule is Cl.Cn1cc(-c2ccc3c(=O)cc(CN)oc3c2)nn1. The van der Waals surface area contributed by atoms with E-state index in [4.69, 9.17) is 10.2 Å². The Morgan fingerprint density at radius 3 is 2.80 bits per heavy atom. The lowest BCUT2D eigenvalue weighted by atomic mass is 10.1. The molecule has 2 heterocycles. The second kappa shape index (κ2) is 5.44. The van der Waals surface area contributed by atoms with E-state index in [1.807, 2.05) is 6.07 Å². The molecule has 0 radical (unpaired) electrons. The fourth-order valence-electron chi connectivity index (χ4n) is 1.94. The van der Waals surface area contributed by atoms with Crippen LogP contribution in [0.15, 0.2) is 39.7 Å². The summed E-state index contributed by atoms with van der Waals surface area (Å²) < 4.78 is 7.20. The molecule has 3 aromatic rings. The first-order valence-electron chi connectivity index (χ1n) is 5.81. The largest absolute Gasteiger partial charge is 0.459 e. The van der Waals surface area contributed by atoms with Crippen molar-refractivity contribution in [3.8, 4) is 11.3 Å². The Morgan fingerprint density at radius 2 is 2.15 bits per heavy atom. The molecule has 3 rings (SSSR count). The van der Waals surface area contributed by atoms with Crippen LogP contribution in [-0.4, -0.2) is 15.0 Å². The van der Waals surface area contributed by atoms with E-state index >= 15 is 0 Å². The van der Waals surface area contributed by atoms with Crippen LogP contribution in [0.3, 0.4) is 0 Å². The molecule has 0 saturated carbocycles. The van der Waals surface area contributed by atoms with E-state index in [0.29, 0.717) is 16.7 Å². The lowest BCUT2D eigenvalue weighted by Gasteiger charge is -2.02. The zero-order chi connectivity index (χ0) is 13.4. The Kier molecular flexibility index (Phi) is 3.87. The van der Waals surface area contributed by atoms with Gasteiger partial charge in [-0.1, -0.05) is 11.3 Å². The number of nitrogens with two attached hydrogens (primary N) is 1. The van der Waals surface area contributed by atoms with Crippen molar-refractivity contribution in [1.29, 1.82) is 0 Å². The summed E-state index contributed by atoms with van der Waals surface area (Å²) in [6, 6.07) is 6.75. The number of benzene rings is 1. The van der Waals surface area contributed by atoms with Crippen molar-refractivity contribution >= 4 is 23.4 Å². The van der Waals surface area contributed by atoms with Crippen molar-refractivity contribution < 1.29 is 4.42 Å². The minimum absolute atomic E-state index is 0. The molecule has 7 heteroatoms. The summed E-state index contributed by atoms with van der Waals surface area (Å²) in [6.07, 6.45) is 1.80. The molecular weight excluding hydrogens is 280 g/mol. The summed E-state index contributed by atoms with van der Waals surface area (Å²) in [5, 5.41) is 8.44. The molecule has 0 fully saturated rings. The first-order valence-corrected chi connectivity index (χ1v) is 5.81. The van der Waals surface area contributed by atoms with Gasteiger partial charge in [0.05, 0.1) is 18.1 Å². The van der Waals surface area contributed by atoms with Gasteiger partial charge in [0.15, 0.2) is 5.43 Å². The maximum atomic E-state index is 11.9. The summed E-state index contributed by atoms with van der Waals surface area (Å²) in [5.74, 6) is 0.466. The third-order valence-electron chi connectivity index (χ3n) is 2.88. The maximum absolute atomic E-state index is 11.9. The van der Waals surface area contributed by atoms with Crippen LogP contribution in [0.1, 0.15) is 5.76 Å². The van der Waals surface area contributed by atoms with Crippen molar-refractivity contribution in [2.75, 3.05) is 0 Å². The predicted molar refractivity (Wildman–Crippen MR) is 77.6 cm³/mol. The second-order valence-electron chi connectivity index (χ2n) is 4.27. The number of hydrogen-bond donors (Lipinski definition) is 1. The van der Waals surface area contributed by atoms with Gasteiger partial charge in [0.2, 0.25) is 0 Å². The standard InChI is InChI=1S/C13H12N4O2.ClH/c1-17-7-11(15-16-17)8-2-3-10-12(18)5-9(6-14)19-13(10)4-8;/h2-5,7H,6,14H2,1H3;1H. The van der Waals surface area contributed by atoms with Crippen LogP contribution in [0, 0.1) is 0 Å². The summed E-state index contributed by atoms with van der Waals surface area (Å²) in [4.78, 5) is 11.9. The van der Waals surface area contributed by atoms with Gasteiger partial charge in [0, 0.05) is 18.7 Å². The molecule has 0 spiro atoms. The highest BCUT2D eigenvalue weighted by Crippen LogP contribution is 2.21. The van der Waals surface area contributed by atoms with Crippen molar-refractivity contribution in [1.82, 2.24) is 15.0 Å². The summed E-state index contributed by atoms with van der Waals surface area (Å²) >= 11 is 0. The van der Waals surface area contributed by atoms with E-state index in [-0.39, 0.29) is 24.4 Å². The van der Waals surface area contributed by atoms with Crippen LogP contribution in [-0.2, 0) is 13.6 Å². The van der Waals surface area contributed by atoms with Crippen LogP contribution in [0.25, 0.3) is 22.2 Å². The number of aromatic nitrogens is 3. The molecule has 0 bridgehead atoms. The predicted octanol–water partition coefficient (Wildman–Crippen LogP) is 1.47. The third-order valence-corrected chi connectivity index (χ3v) is 2.88. The minimum atomic E-state index is -0.0904. The molecule has 0 unspecified atom stereocenters. The molecule has 0 atom stereocenters. The molecule has 0 aliphatic rings. The van der Waals surface area contributed by atoms with Crippen LogP contribution < -0.4 is 11.2 Å².